The van der Waals surface area contributed by atoms with Crippen LogP contribution in [-0.2, 0) is 0 Å². The molecule has 0 bridgehead atoms. The lowest BCUT2D eigenvalue weighted by atomic mass is 9.79. The van der Waals surface area contributed by atoms with E-state index in [0.29, 0.717) is 5.92 Å². The van der Waals surface area contributed by atoms with Crippen LogP contribution in [0.25, 0.3) is 16.8 Å². The fourth-order valence-electron chi connectivity index (χ4n) is 2.75. The topological polar surface area (TPSA) is 0 Å². The van der Waals surface area contributed by atoms with Gasteiger partial charge in [0.1, 0.15) is 0 Å². The molecule has 2 aliphatic carbocycles. The summed E-state index contributed by atoms with van der Waals surface area (Å²) < 4.78 is 0. The standard InChI is InChI=1S/C16H10/c1-3-11-7-9-13-5-2-6-14-10-8-12(4-1)15(11)16(13)14/h1-5,7-10,13H. The van der Waals surface area contributed by atoms with Gasteiger partial charge in [-0.2, -0.15) is 0 Å². The highest BCUT2D eigenvalue weighted by Gasteiger charge is 2.21. The Morgan fingerprint density at radius 2 is 2.00 bits per heavy atom. The molecule has 2 radical (unpaired) electrons. The monoisotopic (exact) mass is 202 g/mol. The van der Waals surface area contributed by atoms with E-state index in [1.54, 1.807) is 0 Å². The first-order valence-corrected chi connectivity index (χ1v) is 5.60. The van der Waals surface area contributed by atoms with E-state index in [9.17, 15) is 0 Å². The van der Waals surface area contributed by atoms with Gasteiger partial charge in [-0.3, -0.25) is 0 Å². The Kier molecular flexibility index (Phi) is 1.49. The largest absolute Gasteiger partial charge is 0.0762 e. The predicted molar refractivity (Wildman–Crippen MR) is 67.2 cm³/mol. The third kappa shape index (κ3) is 0.943. The third-order valence-corrected chi connectivity index (χ3v) is 3.48. The maximum absolute atomic E-state index is 3.33. The normalized spacial score (nSPS) is 20.4. The second-order valence-corrected chi connectivity index (χ2v) is 4.36. The molecule has 2 aliphatic rings. The van der Waals surface area contributed by atoms with Crippen LogP contribution >= 0.6 is 0 Å². The molecule has 0 nitrogen and oxygen atoms in total. The van der Waals surface area contributed by atoms with Crippen molar-refractivity contribution in [2.75, 3.05) is 0 Å². The average molecular weight is 202 g/mol. The number of rotatable bonds is 0. The van der Waals surface area contributed by atoms with Crippen molar-refractivity contribution in [2.45, 2.75) is 5.92 Å². The lowest BCUT2D eigenvalue weighted by molar-refractivity contribution is 1.06. The van der Waals surface area contributed by atoms with Gasteiger partial charge >= 0.3 is 0 Å². The summed E-state index contributed by atoms with van der Waals surface area (Å²) in [5.74, 6) is 0.440. The van der Waals surface area contributed by atoms with E-state index in [-0.39, 0.29) is 0 Å². The maximum Gasteiger partial charge on any atom is 0.0423 e. The maximum atomic E-state index is 3.33. The molecule has 1 atom stereocenters. The smallest absolute Gasteiger partial charge is 0.0423 e. The molecule has 0 fully saturated rings. The first-order valence-electron chi connectivity index (χ1n) is 5.60. The van der Waals surface area contributed by atoms with Gasteiger partial charge < -0.3 is 0 Å². The summed E-state index contributed by atoms with van der Waals surface area (Å²) in [6, 6.07) is 10.9. The van der Waals surface area contributed by atoms with Crippen molar-refractivity contribution >= 4 is 16.8 Å². The molecule has 0 N–H and O–H groups in total. The molecule has 74 valence electrons. The Bertz CT molecular complexity index is 644. The van der Waals surface area contributed by atoms with Crippen molar-refractivity contribution in [1.29, 1.82) is 0 Å². The lowest BCUT2D eigenvalue weighted by Gasteiger charge is -2.24. The van der Waals surface area contributed by atoms with E-state index in [0.717, 1.165) is 0 Å². The Labute approximate surface area is 94.9 Å². The predicted octanol–water partition coefficient (Wildman–Crippen LogP) is 3.95. The van der Waals surface area contributed by atoms with E-state index < -0.39 is 0 Å². The van der Waals surface area contributed by atoms with Crippen molar-refractivity contribution in [3.63, 3.8) is 0 Å². The molecule has 4 rings (SSSR count). The summed E-state index contributed by atoms with van der Waals surface area (Å²) in [6.07, 6.45) is 12.1. The van der Waals surface area contributed by atoms with Gasteiger partial charge in [0.15, 0.2) is 0 Å². The van der Waals surface area contributed by atoms with E-state index >= 15 is 0 Å². The van der Waals surface area contributed by atoms with Crippen LogP contribution in [0.3, 0.4) is 0 Å². The van der Waals surface area contributed by atoms with Gasteiger partial charge in [0.05, 0.1) is 0 Å². The van der Waals surface area contributed by atoms with Gasteiger partial charge in [-0.25, -0.2) is 0 Å². The molecular formula is C16H10. The fraction of sp³-hybridized carbons (Fsp3) is 0.0625. The number of hydrogen-bond donors (Lipinski definition) is 0. The fourth-order valence-corrected chi connectivity index (χ4v) is 2.75. The van der Waals surface area contributed by atoms with Crippen molar-refractivity contribution in [3.8, 4) is 0 Å². The zero-order chi connectivity index (χ0) is 10.5. The Balaban J connectivity index is 2.24. The van der Waals surface area contributed by atoms with Gasteiger partial charge in [-0.1, -0.05) is 54.6 Å². The SMILES string of the molecule is [C]1C=CC2C=Cc3cccc4ccc1c2c34. The minimum Gasteiger partial charge on any atom is -0.0762 e. The second-order valence-electron chi connectivity index (χ2n) is 4.36. The zero-order valence-corrected chi connectivity index (χ0v) is 8.77. The molecule has 0 aromatic heterocycles. The molecular weight excluding hydrogens is 192 g/mol. The highest BCUT2D eigenvalue weighted by Crippen LogP contribution is 2.40. The molecule has 16 heavy (non-hydrogen) atoms. The minimum absolute atomic E-state index is 0.440. The van der Waals surface area contributed by atoms with Gasteiger partial charge in [-0.05, 0) is 27.5 Å². The van der Waals surface area contributed by atoms with Crippen molar-refractivity contribution < 1.29 is 0 Å². The Morgan fingerprint density at radius 1 is 1.00 bits per heavy atom. The van der Waals surface area contributed by atoms with Crippen LogP contribution in [0.4, 0.5) is 0 Å². The molecule has 0 amide bonds. The minimum atomic E-state index is 0.440. The first-order chi connectivity index (χ1) is 7.93. The molecule has 0 saturated carbocycles. The van der Waals surface area contributed by atoms with Gasteiger partial charge in [0.25, 0.3) is 0 Å². The molecule has 0 heteroatoms. The molecule has 0 spiro atoms. The molecule has 2 aromatic carbocycles. The van der Waals surface area contributed by atoms with Gasteiger partial charge in [0, 0.05) is 12.3 Å². The first kappa shape index (κ1) is 8.35. The Morgan fingerprint density at radius 3 is 3.00 bits per heavy atom. The van der Waals surface area contributed by atoms with Crippen molar-refractivity contribution in [3.05, 3.63) is 71.7 Å². The molecule has 2 aromatic rings. The van der Waals surface area contributed by atoms with E-state index in [2.05, 4.69) is 55.0 Å². The summed E-state index contributed by atoms with van der Waals surface area (Å²) in [7, 11) is 0. The summed E-state index contributed by atoms with van der Waals surface area (Å²) in [5, 5.41) is 2.74. The molecule has 1 unspecified atom stereocenters. The van der Waals surface area contributed by atoms with Crippen LogP contribution in [0, 0.1) is 6.42 Å². The highest BCUT2D eigenvalue weighted by atomic mass is 14.2. The number of allylic oxidation sites excluding steroid dienone is 3. The molecule has 0 heterocycles. The summed E-state index contributed by atoms with van der Waals surface area (Å²) in [5.41, 5.74) is 4.01. The molecule has 0 aliphatic heterocycles. The summed E-state index contributed by atoms with van der Waals surface area (Å²) in [6.45, 7) is 0. The van der Waals surface area contributed by atoms with E-state index in [4.69, 9.17) is 0 Å². The van der Waals surface area contributed by atoms with Crippen LogP contribution in [0.2, 0.25) is 0 Å². The van der Waals surface area contributed by atoms with Crippen LogP contribution in [-0.4, -0.2) is 0 Å². The summed E-state index contributed by atoms with van der Waals surface area (Å²) >= 11 is 0. The zero-order valence-electron chi connectivity index (χ0n) is 8.77. The van der Waals surface area contributed by atoms with Crippen LogP contribution < -0.4 is 0 Å². The van der Waals surface area contributed by atoms with Crippen LogP contribution in [0.5, 0.6) is 0 Å². The second kappa shape index (κ2) is 2.85. The third-order valence-electron chi connectivity index (χ3n) is 3.48. The number of hydrogen-bond acceptors (Lipinski definition) is 0. The highest BCUT2D eigenvalue weighted by molar-refractivity contribution is 5.97. The Hall–Kier alpha value is -1.82. The number of benzene rings is 2. The van der Waals surface area contributed by atoms with Gasteiger partial charge in [0.2, 0.25) is 0 Å². The molecule has 0 saturated heterocycles. The van der Waals surface area contributed by atoms with Crippen molar-refractivity contribution in [1.82, 2.24) is 0 Å². The van der Waals surface area contributed by atoms with Crippen LogP contribution in [0.1, 0.15) is 22.6 Å². The van der Waals surface area contributed by atoms with Gasteiger partial charge in [-0.15, -0.1) is 0 Å². The van der Waals surface area contributed by atoms with E-state index in [1.165, 1.54) is 27.5 Å². The quantitative estimate of drug-likeness (QED) is 0.606. The average Bonchev–Trinajstić information content (AvgIpc) is 2.36. The van der Waals surface area contributed by atoms with E-state index in [1.807, 2.05) is 6.08 Å². The lowest BCUT2D eigenvalue weighted by Crippen LogP contribution is -2.06. The van der Waals surface area contributed by atoms with Crippen LogP contribution in [0.15, 0.2) is 48.6 Å². The summed E-state index contributed by atoms with van der Waals surface area (Å²) in [4.78, 5) is 0. The van der Waals surface area contributed by atoms with Crippen molar-refractivity contribution in [2.24, 2.45) is 0 Å².